The van der Waals surface area contributed by atoms with E-state index in [0.717, 1.165) is 17.9 Å². The maximum atomic E-state index is 8.84. The highest BCUT2D eigenvalue weighted by Crippen LogP contribution is 2.12. The third kappa shape index (κ3) is 2.82. The predicted octanol–water partition coefficient (Wildman–Crippen LogP) is 2.59. The van der Waals surface area contributed by atoms with Gasteiger partial charge in [-0.3, -0.25) is 0 Å². The van der Waals surface area contributed by atoms with Crippen molar-refractivity contribution in [2.45, 2.75) is 6.54 Å². The quantitative estimate of drug-likeness (QED) is 0.803. The molecule has 3 heteroatoms. The van der Waals surface area contributed by atoms with Crippen molar-refractivity contribution in [2.24, 2.45) is 0 Å². The monoisotopic (exact) mass is 223 g/mol. The summed E-state index contributed by atoms with van der Waals surface area (Å²) in [5, 5.41) is 8.84. The van der Waals surface area contributed by atoms with Gasteiger partial charge in [0.15, 0.2) is 0 Å². The Bertz CT molecular complexity index is 529. The highest BCUT2D eigenvalue weighted by molar-refractivity contribution is 5.39. The summed E-state index contributed by atoms with van der Waals surface area (Å²) >= 11 is 0. The summed E-state index contributed by atoms with van der Waals surface area (Å²) in [7, 11) is 1.99. The van der Waals surface area contributed by atoms with E-state index >= 15 is 0 Å². The van der Waals surface area contributed by atoms with Gasteiger partial charge in [-0.15, -0.1) is 0 Å². The van der Waals surface area contributed by atoms with Gasteiger partial charge in [-0.1, -0.05) is 18.2 Å². The molecular formula is C14H13N3. The molecule has 84 valence electrons. The molecule has 0 N–H and O–H groups in total. The zero-order chi connectivity index (χ0) is 12.1. The van der Waals surface area contributed by atoms with Crippen LogP contribution in [0.5, 0.6) is 0 Å². The molecule has 2 aromatic rings. The zero-order valence-corrected chi connectivity index (χ0v) is 9.67. The van der Waals surface area contributed by atoms with Crippen LogP contribution in [0.2, 0.25) is 0 Å². The molecule has 0 amide bonds. The maximum Gasteiger partial charge on any atom is 0.128 e. The van der Waals surface area contributed by atoms with Crippen LogP contribution in [0.1, 0.15) is 11.1 Å². The molecule has 0 spiro atoms. The summed E-state index contributed by atoms with van der Waals surface area (Å²) in [4.78, 5) is 6.33. The molecule has 0 aliphatic heterocycles. The van der Waals surface area contributed by atoms with E-state index in [-0.39, 0.29) is 0 Å². The first-order valence-corrected chi connectivity index (χ1v) is 5.41. The van der Waals surface area contributed by atoms with Crippen LogP contribution < -0.4 is 4.90 Å². The molecule has 1 aromatic heterocycles. The van der Waals surface area contributed by atoms with Gasteiger partial charge in [0.05, 0.1) is 11.6 Å². The van der Waals surface area contributed by atoms with E-state index in [1.54, 1.807) is 6.20 Å². The van der Waals surface area contributed by atoms with Gasteiger partial charge in [-0.25, -0.2) is 4.98 Å². The van der Waals surface area contributed by atoms with Crippen LogP contribution in [0.4, 0.5) is 5.82 Å². The molecule has 17 heavy (non-hydrogen) atoms. The number of nitriles is 1. The largest absolute Gasteiger partial charge is 0.355 e. The van der Waals surface area contributed by atoms with Crippen molar-refractivity contribution in [1.29, 1.82) is 5.26 Å². The van der Waals surface area contributed by atoms with Crippen molar-refractivity contribution in [3.8, 4) is 6.07 Å². The Morgan fingerprint density at radius 1 is 1.24 bits per heavy atom. The van der Waals surface area contributed by atoms with E-state index in [1.165, 1.54) is 0 Å². The van der Waals surface area contributed by atoms with Crippen molar-refractivity contribution in [2.75, 3.05) is 11.9 Å². The van der Waals surface area contributed by atoms with Gasteiger partial charge in [-0.05, 0) is 29.8 Å². The second kappa shape index (κ2) is 5.13. The van der Waals surface area contributed by atoms with Crippen molar-refractivity contribution >= 4 is 5.82 Å². The van der Waals surface area contributed by atoms with E-state index in [2.05, 4.69) is 16.0 Å². The zero-order valence-electron chi connectivity index (χ0n) is 9.67. The first-order valence-electron chi connectivity index (χ1n) is 5.41. The Kier molecular flexibility index (Phi) is 3.37. The van der Waals surface area contributed by atoms with Gasteiger partial charge < -0.3 is 4.90 Å². The molecule has 0 saturated carbocycles. The fourth-order valence-corrected chi connectivity index (χ4v) is 1.67. The maximum absolute atomic E-state index is 8.84. The minimum atomic E-state index is 0.692. The van der Waals surface area contributed by atoms with Crippen molar-refractivity contribution < 1.29 is 0 Å². The average molecular weight is 223 g/mol. The fourth-order valence-electron chi connectivity index (χ4n) is 1.67. The highest BCUT2D eigenvalue weighted by atomic mass is 15.2. The van der Waals surface area contributed by atoms with Crippen LogP contribution in [0, 0.1) is 11.3 Å². The van der Waals surface area contributed by atoms with Crippen molar-refractivity contribution in [3.05, 3.63) is 59.8 Å². The lowest BCUT2D eigenvalue weighted by Crippen LogP contribution is -2.17. The smallest absolute Gasteiger partial charge is 0.128 e. The molecular weight excluding hydrogens is 210 g/mol. The van der Waals surface area contributed by atoms with Crippen molar-refractivity contribution in [1.82, 2.24) is 4.98 Å². The SMILES string of the molecule is CN(Cc1cccc(C#N)c1)c1ccccn1. The van der Waals surface area contributed by atoms with Crippen LogP contribution >= 0.6 is 0 Å². The van der Waals surface area contributed by atoms with Crippen LogP contribution in [0.15, 0.2) is 48.7 Å². The third-order valence-electron chi connectivity index (χ3n) is 2.52. The molecule has 2 rings (SSSR count). The lowest BCUT2D eigenvalue weighted by Gasteiger charge is -2.17. The Labute approximate surface area is 101 Å². The van der Waals surface area contributed by atoms with E-state index in [9.17, 15) is 0 Å². The summed E-state index contributed by atoms with van der Waals surface area (Å²) in [6, 6.07) is 15.6. The molecule has 1 heterocycles. The first-order chi connectivity index (χ1) is 8.29. The number of anilines is 1. The molecule has 0 atom stereocenters. The van der Waals surface area contributed by atoms with Crippen LogP contribution in [0.25, 0.3) is 0 Å². The lowest BCUT2D eigenvalue weighted by molar-refractivity contribution is 0.897. The second-order valence-corrected chi connectivity index (χ2v) is 3.86. The van der Waals surface area contributed by atoms with E-state index in [4.69, 9.17) is 5.26 Å². The highest BCUT2D eigenvalue weighted by Gasteiger charge is 2.03. The Balaban J connectivity index is 2.13. The molecule has 0 aliphatic rings. The summed E-state index contributed by atoms with van der Waals surface area (Å²) in [5.41, 5.74) is 1.80. The van der Waals surface area contributed by atoms with E-state index in [1.807, 2.05) is 49.5 Å². The molecule has 0 saturated heterocycles. The number of nitrogens with zero attached hydrogens (tertiary/aromatic N) is 3. The Hall–Kier alpha value is -2.34. The molecule has 0 aliphatic carbocycles. The topological polar surface area (TPSA) is 39.9 Å². The number of hydrogen-bond donors (Lipinski definition) is 0. The van der Waals surface area contributed by atoms with Gasteiger partial charge in [0.2, 0.25) is 0 Å². The van der Waals surface area contributed by atoms with Crippen LogP contribution in [-0.4, -0.2) is 12.0 Å². The summed E-state index contributed by atoms with van der Waals surface area (Å²) in [5.74, 6) is 0.926. The van der Waals surface area contributed by atoms with Gasteiger partial charge in [0.25, 0.3) is 0 Å². The summed E-state index contributed by atoms with van der Waals surface area (Å²) in [6.07, 6.45) is 1.78. The molecule has 3 nitrogen and oxygen atoms in total. The molecule has 0 bridgehead atoms. The second-order valence-electron chi connectivity index (χ2n) is 3.86. The van der Waals surface area contributed by atoms with E-state index in [0.29, 0.717) is 5.56 Å². The van der Waals surface area contributed by atoms with Crippen LogP contribution in [0.3, 0.4) is 0 Å². The number of pyridine rings is 1. The molecule has 0 fully saturated rings. The number of rotatable bonds is 3. The van der Waals surface area contributed by atoms with E-state index < -0.39 is 0 Å². The average Bonchev–Trinajstić information content (AvgIpc) is 2.40. The number of aromatic nitrogens is 1. The normalized spacial score (nSPS) is 9.65. The molecule has 0 unspecified atom stereocenters. The third-order valence-corrected chi connectivity index (χ3v) is 2.52. The summed E-state index contributed by atoms with van der Waals surface area (Å²) in [6.45, 7) is 0.743. The first kappa shape index (κ1) is 11.2. The molecule has 1 aromatic carbocycles. The van der Waals surface area contributed by atoms with Gasteiger partial charge in [-0.2, -0.15) is 5.26 Å². The minimum absolute atomic E-state index is 0.692. The lowest BCUT2D eigenvalue weighted by atomic mass is 10.1. The van der Waals surface area contributed by atoms with Gasteiger partial charge >= 0.3 is 0 Å². The minimum Gasteiger partial charge on any atom is -0.355 e. The standard InChI is InChI=1S/C14H13N3/c1-17(14-7-2-3-8-16-14)11-13-6-4-5-12(9-13)10-15/h2-9H,11H2,1H3. The van der Waals surface area contributed by atoms with Crippen LogP contribution in [-0.2, 0) is 6.54 Å². The van der Waals surface area contributed by atoms with Gasteiger partial charge in [0.1, 0.15) is 5.82 Å². The Morgan fingerprint density at radius 3 is 2.82 bits per heavy atom. The summed E-state index contributed by atoms with van der Waals surface area (Å²) < 4.78 is 0. The Morgan fingerprint density at radius 2 is 2.12 bits per heavy atom. The fraction of sp³-hybridized carbons (Fsp3) is 0.143. The number of hydrogen-bond acceptors (Lipinski definition) is 3. The van der Waals surface area contributed by atoms with Crippen molar-refractivity contribution in [3.63, 3.8) is 0 Å². The number of benzene rings is 1. The van der Waals surface area contributed by atoms with Gasteiger partial charge in [0, 0.05) is 19.8 Å². The molecule has 0 radical (unpaired) electrons. The predicted molar refractivity (Wildman–Crippen MR) is 67.5 cm³/mol.